The lowest BCUT2D eigenvalue weighted by atomic mass is 10.2. The Labute approximate surface area is 80.0 Å². The Hall–Kier alpha value is -0.870. The summed E-state index contributed by atoms with van der Waals surface area (Å²) in [6.07, 6.45) is 0. The van der Waals surface area contributed by atoms with Gasteiger partial charge in [-0.25, -0.2) is 4.21 Å². The largest absolute Gasteiger partial charge is 0.494 e. The summed E-state index contributed by atoms with van der Waals surface area (Å²) in [7, 11) is 0. The molecule has 1 rings (SSSR count). The third-order valence-electron chi connectivity index (χ3n) is 1.52. The Morgan fingerprint density at radius 2 is 2.00 bits per heavy atom. The fourth-order valence-corrected chi connectivity index (χ4v) is 1.47. The van der Waals surface area contributed by atoms with Gasteiger partial charge >= 0.3 is 0 Å². The summed E-state index contributed by atoms with van der Waals surface area (Å²) in [5.41, 5.74) is 0.837. The van der Waals surface area contributed by atoms with Crippen molar-refractivity contribution in [3.63, 3.8) is 0 Å². The van der Waals surface area contributed by atoms with Gasteiger partial charge in [0.2, 0.25) is 0 Å². The molecule has 1 N–H and O–H groups in total. The van der Waals surface area contributed by atoms with Crippen molar-refractivity contribution in [1.29, 1.82) is 0 Å². The van der Waals surface area contributed by atoms with Crippen LogP contribution in [0.15, 0.2) is 24.3 Å². The molecule has 13 heavy (non-hydrogen) atoms. The topological polar surface area (TPSA) is 46.5 Å². The Morgan fingerprint density at radius 3 is 2.46 bits per heavy atom. The van der Waals surface area contributed by atoms with Gasteiger partial charge in [-0.15, -0.1) is 0 Å². The van der Waals surface area contributed by atoms with E-state index in [0.717, 1.165) is 11.3 Å². The fraction of sp³-hybridized carbons (Fsp3) is 0.333. The molecule has 0 bridgehead atoms. The zero-order valence-electron chi connectivity index (χ0n) is 7.40. The summed E-state index contributed by atoms with van der Waals surface area (Å²) in [5.74, 6) is 0.960. The maximum atomic E-state index is 10.5. The Morgan fingerprint density at radius 1 is 1.38 bits per heavy atom. The Kier molecular flexibility index (Phi) is 3.92. The van der Waals surface area contributed by atoms with Crippen molar-refractivity contribution in [2.24, 2.45) is 0 Å². The van der Waals surface area contributed by atoms with Gasteiger partial charge in [0, 0.05) is 0 Å². The monoisotopic (exact) mass is 200 g/mol. The number of hydrogen-bond donors (Lipinski definition) is 1. The molecule has 0 aliphatic carbocycles. The molecule has 0 heterocycles. The van der Waals surface area contributed by atoms with Gasteiger partial charge in [-0.2, -0.15) is 0 Å². The van der Waals surface area contributed by atoms with E-state index in [1.807, 2.05) is 6.92 Å². The van der Waals surface area contributed by atoms with Gasteiger partial charge in [0.1, 0.15) is 5.75 Å². The van der Waals surface area contributed by atoms with Crippen LogP contribution in [-0.4, -0.2) is 15.4 Å². The summed E-state index contributed by atoms with van der Waals surface area (Å²) >= 11 is -1.77. The molecule has 0 fully saturated rings. The molecule has 4 heteroatoms. The highest BCUT2D eigenvalue weighted by Crippen LogP contribution is 2.12. The number of rotatable bonds is 4. The molecule has 3 nitrogen and oxygen atoms in total. The van der Waals surface area contributed by atoms with Crippen LogP contribution < -0.4 is 4.74 Å². The summed E-state index contributed by atoms with van der Waals surface area (Å²) in [4.78, 5) is 0. The van der Waals surface area contributed by atoms with Crippen molar-refractivity contribution in [1.82, 2.24) is 0 Å². The van der Waals surface area contributed by atoms with Crippen LogP contribution in [0.4, 0.5) is 0 Å². The maximum Gasteiger partial charge on any atom is 0.157 e. The normalized spacial score (nSPS) is 12.5. The van der Waals surface area contributed by atoms with Crippen LogP contribution in [0.5, 0.6) is 5.75 Å². The molecule has 0 aliphatic rings. The Balaban J connectivity index is 2.64. The summed E-state index contributed by atoms with van der Waals surface area (Å²) in [6, 6.07) is 7.18. The fourth-order valence-electron chi connectivity index (χ4n) is 0.991. The highest BCUT2D eigenvalue weighted by Gasteiger charge is 1.97. The number of hydrogen-bond acceptors (Lipinski definition) is 2. The molecule has 1 aromatic rings. The lowest BCUT2D eigenvalue weighted by Gasteiger charge is -2.03. The van der Waals surface area contributed by atoms with Crippen LogP contribution >= 0.6 is 0 Å². The van der Waals surface area contributed by atoms with Crippen LogP contribution in [0.1, 0.15) is 12.5 Å². The quantitative estimate of drug-likeness (QED) is 0.754. The predicted octanol–water partition coefficient (Wildman–Crippen LogP) is 1.81. The average molecular weight is 200 g/mol. The lowest BCUT2D eigenvalue weighted by molar-refractivity contribution is 0.340. The third-order valence-corrected chi connectivity index (χ3v) is 2.10. The van der Waals surface area contributed by atoms with Gasteiger partial charge < -0.3 is 9.29 Å². The van der Waals surface area contributed by atoms with E-state index >= 15 is 0 Å². The van der Waals surface area contributed by atoms with Crippen LogP contribution in [0.25, 0.3) is 0 Å². The van der Waals surface area contributed by atoms with Crippen LogP contribution in [0, 0.1) is 0 Å². The summed E-state index contributed by atoms with van der Waals surface area (Å²) in [6.45, 7) is 2.54. The van der Waals surface area contributed by atoms with Crippen molar-refractivity contribution in [3.05, 3.63) is 29.8 Å². The molecule has 0 aromatic heterocycles. The molecular weight excluding hydrogens is 188 g/mol. The predicted molar refractivity (Wildman–Crippen MR) is 52.1 cm³/mol. The lowest BCUT2D eigenvalue weighted by Crippen LogP contribution is -1.94. The van der Waals surface area contributed by atoms with E-state index in [-0.39, 0.29) is 5.75 Å². The first kappa shape index (κ1) is 10.2. The van der Waals surface area contributed by atoms with E-state index in [0.29, 0.717) is 6.61 Å². The first-order chi connectivity index (χ1) is 6.22. The molecule has 0 amide bonds. The van der Waals surface area contributed by atoms with Crippen molar-refractivity contribution < 1.29 is 13.5 Å². The standard InChI is InChI=1S/C9H12O3S/c1-2-12-9-5-3-8(4-6-9)7-13(10)11/h3-6H,2,7H2,1H3,(H,10,11). The van der Waals surface area contributed by atoms with Crippen LogP contribution in [0.3, 0.4) is 0 Å². The smallest absolute Gasteiger partial charge is 0.157 e. The van der Waals surface area contributed by atoms with E-state index in [1.165, 1.54) is 0 Å². The SMILES string of the molecule is CCOc1ccc(CS(=O)O)cc1. The minimum atomic E-state index is -1.77. The first-order valence-corrected chi connectivity index (χ1v) is 5.29. The minimum absolute atomic E-state index is 0.173. The molecule has 1 atom stereocenters. The molecule has 0 saturated carbocycles. The number of benzene rings is 1. The Bertz CT molecular complexity index is 281. The zero-order valence-corrected chi connectivity index (χ0v) is 8.21. The minimum Gasteiger partial charge on any atom is -0.494 e. The molecular formula is C9H12O3S. The van der Waals surface area contributed by atoms with Crippen molar-refractivity contribution in [3.8, 4) is 5.75 Å². The highest BCUT2D eigenvalue weighted by atomic mass is 32.2. The van der Waals surface area contributed by atoms with Crippen molar-refractivity contribution in [2.45, 2.75) is 12.7 Å². The van der Waals surface area contributed by atoms with E-state index in [4.69, 9.17) is 9.29 Å². The highest BCUT2D eigenvalue weighted by molar-refractivity contribution is 7.78. The third kappa shape index (κ3) is 3.57. The molecule has 1 unspecified atom stereocenters. The van der Waals surface area contributed by atoms with Crippen molar-refractivity contribution >= 4 is 11.1 Å². The second-order valence-electron chi connectivity index (χ2n) is 2.54. The average Bonchev–Trinajstić information content (AvgIpc) is 2.08. The maximum absolute atomic E-state index is 10.5. The number of ether oxygens (including phenoxy) is 1. The van der Waals surface area contributed by atoms with Gasteiger partial charge in [-0.05, 0) is 24.6 Å². The van der Waals surface area contributed by atoms with E-state index in [9.17, 15) is 4.21 Å². The first-order valence-electron chi connectivity index (χ1n) is 4.01. The van der Waals surface area contributed by atoms with E-state index < -0.39 is 11.1 Å². The second kappa shape index (κ2) is 4.99. The van der Waals surface area contributed by atoms with Crippen LogP contribution in [0.2, 0.25) is 0 Å². The van der Waals surface area contributed by atoms with Gasteiger partial charge in [0.25, 0.3) is 0 Å². The van der Waals surface area contributed by atoms with Crippen molar-refractivity contribution in [2.75, 3.05) is 6.61 Å². The zero-order chi connectivity index (χ0) is 9.68. The molecule has 0 radical (unpaired) electrons. The molecule has 0 spiro atoms. The summed E-state index contributed by atoms with van der Waals surface area (Å²) < 4.78 is 24.3. The molecule has 1 aromatic carbocycles. The van der Waals surface area contributed by atoms with E-state index in [1.54, 1.807) is 24.3 Å². The molecule has 72 valence electrons. The van der Waals surface area contributed by atoms with E-state index in [2.05, 4.69) is 0 Å². The van der Waals surface area contributed by atoms with Gasteiger partial charge in [0.05, 0.1) is 12.4 Å². The van der Waals surface area contributed by atoms with Gasteiger partial charge in [-0.1, -0.05) is 12.1 Å². The van der Waals surface area contributed by atoms with Gasteiger partial charge in [0.15, 0.2) is 11.1 Å². The summed E-state index contributed by atoms with van der Waals surface area (Å²) in [5, 5.41) is 0. The van der Waals surface area contributed by atoms with Crippen LogP contribution in [-0.2, 0) is 16.8 Å². The van der Waals surface area contributed by atoms with Gasteiger partial charge in [-0.3, -0.25) is 0 Å². The molecule has 0 saturated heterocycles. The molecule has 0 aliphatic heterocycles. The second-order valence-corrected chi connectivity index (χ2v) is 3.47.